The van der Waals surface area contributed by atoms with Crippen molar-refractivity contribution in [3.8, 4) is 11.6 Å². The molecule has 2 atom stereocenters. The van der Waals surface area contributed by atoms with Gasteiger partial charge in [0.1, 0.15) is 19.0 Å². The fourth-order valence-electron chi connectivity index (χ4n) is 3.69. The van der Waals surface area contributed by atoms with Gasteiger partial charge < -0.3 is 14.4 Å². The summed E-state index contributed by atoms with van der Waals surface area (Å²) in [5.74, 6) is 1.14. The fourth-order valence-corrected chi connectivity index (χ4v) is 3.69. The van der Waals surface area contributed by atoms with Crippen molar-refractivity contribution < 1.29 is 13.9 Å². The molecule has 7 nitrogen and oxygen atoms in total. The summed E-state index contributed by atoms with van der Waals surface area (Å²) in [5, 5.41) is 0. The molecule has 0 aliphatic carbocycles. The van der Waals surface area contributed by atoms with Gasteiger partial charge in [0.2, 0.25) is 5.95 Å². The van der Waals surface area contributed by atoms with Gasteiger partial charge in [0.05, 0.1) is 11.7 Å². The molecule has 0 bridgehead atoms. The predicted molar refractivity (Wildman–Crippen MR) is 98.8 cm³/mol. The Bertz CT molecular complexity index is 816. The van der Waals surface area contributed by atoms with E-state index >= 15 is 0 Å². The van der Waals surface area contributed by atoms with Crippen LogP contribution < -0.4 is 14.4 Å². The molecule has 0 N–H and O–H groups in total. The minimum Gasteiger partial charge on any atom is -0.484 e. The molecule has 0 unspecified atom stereocenters. The van der Waals surface area contributed by atoms with Crippen molar-refractivity contribution in [3.63, 3.8) is 0 Å². The second-order valence-electron chi connectivity index (χ2n) is 7.12. The summed E-state index contributed by atoms with van der Waals surface area (Å²) >= 11 is 0. The summed E-state index contributed by atoms with van der Waals surface area (Å²) in [4.78, 5) is 17.7. The van der Waals surface area contributed by atoms with E-state index in [0.717, 1.165) is 31.1 Å². The highest BCUT2D eigenvalue weighted by Gasteiger charge is 2.32. The van der Waals surface area contributed by atoms with Crippen LogP contribution in [0.3, 0.4) is 0 Å². The third-order valence-corrected chi connectivity index (χ3v) is 5.14. The van der Waals surface area contributed by atoms with Crippen molar-refractivity contribution >= 4 is 5.95 Å². The maximum Gasteiger partial charge on any atom is 0.257 e. The number of halogens is 1. The molecule has 8 heteroatoms. The number of hydrogen-bond donors (Lipinski definition) is 0. The number of hydrogen-bond acceptors (Lipinski definition) is 7. The molecule has 2 aromatic heterocycles. The first-order valence-electron chi connectivity index (χ1n) is 9.28. The number of nitrogens with zero attached hydrogens (tertiary/aromatic N) is 5. The van der Waals surface area contributed by atoms with E-state index in [-0.39, 0.29) is 17.9 Å². The van der Waals surface area contributed by atoms with Crippen molar-refractivity contribution in [2.24, 2.45) is 0 Å². The number of anilines is 1. The molecule has 1 fully saturated rings. The van der Waals surface area contributed by atoms with Crippen molar-refractivity contribution in [2.45, 2.75) is 32.9 Å². The Labute approximate surface area is 158 Å². The molecule has 0 spiro atoms. The van der Waals surface area contributed by atoms with Gasteiger partial charge in [-0.25, -0.2) is 19.3 Å². The molecule has 4 heterocycles. The Hall–Kier alpha value is -2.48. The van der Waals surface area contributed by atoms with E-state index < -0.39 is 0 Å². The van der Waals surface area contributed by atoms with Crippen molar-refractivity contribution in [2.75, 3.05) is 37.7 Å². The van der Waals surface area contributed by atoms with Crippen LogP contribution in [0.15, 0.2) is 18.5 Å². The van der Waals surface area contributed by atoms with Gasteiger partial charge in [0.25, 0.3) is 5.88 Å². The van der Waals surface area contributed by atoms with Gasteiger partial charge in [-0.2, -0.15) is 0 Å². The zero-order valence-corrected chi connectivity index (χ0v) is 15.9. The van der Waals surface area contributed by atoms with Crippen LogP contribution >= 0.6 is 0 Å². The highest BCUT2D eigenvalue weighted by Crippen LogP contribution is 2.34. The molecule has 0 amide bonds. The number of pyridine rings is 1. The smallest absolute Gasteiger partial charge is 0.257 e. The Morgan fingerprint density at radius 3 is 2.67 bits per heavy atom. The number of fused-ring (bicyclic) bond motifs is 1. The van der Waals surface area contributed by atoms with Crippen LogP contribution in [0.4, 0.5) is 10.3 Å². The molecule has 0 aromatic carbocycles. The summed E-state index contributed by atoms with van der Waals surface area (Å²) in [7, 11) is 0. The normalized spacial score (nSPS) is 21.2. The average molecular weight is 373 g/mol. The van der Waals surface area contributed by atoms with Gasteiger partial charge in [-0.15, -0.1) is 0 Å². The number of piperazine rings is 1. The third-order valence-electron chi connectivity index (χ3n) is 5.14. The number of ether oxygens (including phenoxy) is 2. The van der Waals surface area contributed by atoms with Crippen molar-refractivity contribution in [1.29, 1.82) is 0 Å². The van der Waals surface area contributed by atoms with Gasteiger partial charge in [-0.05, 0) is 26.3 Å². The van der Waals surface area contributed by atoms with Gasteiger partial charge in [0, 0.05) is 44.1 Å². The van der Waals surface area contributed by atoms with E-state index in [1.165, 1.54) is 6.07 Å². The summed E-state index contributed by atoms with van der Waals surface area (Å²) in [5.41, 5.74) is 1.44. The predicted octanol–water partition coefficient (Wildman–Crippen LogP) is 2.36. The molecule has 2 aliphatic heterocycles. The maximum absolute atomic E-state index is 14.6. The number of aryl methyl sites for hydroxylation is 1. The number of aromatic nitrogens is 3. The summed E-state index contributed by atoms with van der Waals surface area (Å²) < 4.78 is 25.6. The van der Waals surface area contributed by atoms with Crippen LogP contribution in [0.25, 0.3) is 0 Å². The van der Waals surface area contributed by atoms with Gasteiger partial charge in [-0.3, -0.25) is 4.90 Å². The lowest BCUT2D eigenvalue weighted by Gasteiger charge is -2.42. The van der Waals surface area contributed by atoms with E-state index in [0.29, 0.717) is 30.5 Å². The van der Waals surface area contributed by atoms with E-state index in [2.05, 4.69) is 31.7 Å². The summed E-state index contributed by atoms with van der Waals surface area (Å²) in [6.07, 6.45) is 3.66. The van der Waals surface area contributed by atoms with Crippen LogP contribution in [-0.4, -0.2) is 58.7 Å². The van der Waals surface area contributed by atoms with Gasteiger partial charge in [0.15, 0.2) is 5.75 Å². The Morgan fingerprint density at radius 2 is 1.93 bits per heavy atom. The molecule has 1 saturated heterocycles. The Balaban J connectivity index is 1.50. The Morgan fingerprint density at radius 1 is 1.19 bits per heavy atom. The third kappa shape index (κ3) is 3.53. The topological polar surface area (TPSA) is 63.6 Å². The molecular formula is C19H24FN5O2. The lowest BCUT2D eigenvalue weighted by atomic mass is 10.1. The van der Waals surface area contributed by atoms with Crippen LogP contribution in [-0.2, 0) is 0 Å². The van der Waals surface area contributed by atoms with Gasteiger partial charge >= 0.3 is 0 Å². The summed E-state index contributed by atoms with van der Waals surface area (Å²) in [6, 6.07) is 1.42. The van der Waals surface area contributed by atoms with Crippen LogP contribution in [0.1, 0.15) is 31.1 Å². The van der Waals surface area contributed by atoms with Crippen LogP contribution in [0.5, 0.6) is 11.6 Å². The minimum absolute atomic E-state index is 0.170. The van der Waals surface area contributed by atoms with Crippen molar-refractivity contribution in [3.05, 3.63) is 35.5 Å². The highest BCUT2D eigenvalue weighted by atomic mass is 19.1. The summed E-state index contributed by atoms with van der Waals surface area (Å²) in [6.45, 7) is 9.27. The van der Waals surface area contributed by atoms with E-state index in [9.17, 15) is 4.39 Å². The highest BCUT2D eigenvalue weighted by molar-refractivity contribution is 5.38. The quantitative estimate of drug-likeness (QED) is 0.818. The first kappa shape index (κ1) is 17.9. The molecule has 4 rings (SSSR count). The fraction of sp³-hybridized carbons (Fsp3) is 0.526. The molecule has 2 aliphatic rings. The van der Waals surface area contributed by atoms with Crippen LogP contribution in [0.2, 0.25) is 0 Å². The number of rotatable bonds is 3. The molecule has 144 valence electrons. The van der Waals surface area contributed by atoms with E-state index in [4.69, 9.17) is 9.47 Å². The first-order valence-corrected chi connectivity index (χ1v) is 9.28. The monoisotopic (exact) mass is 373 g/mol. The molecule has 0 radical (unpaired) electrons. The standard InChI is InChI=1S/C19H24FN5O2/c1-12-9-21-19(22-10-12)24-4-5-25(13(2)11-24)14(3)17-15(20)8-16-18(23-17)27-7-6-26-16/h8-10,13-14H,4-7,11H2,1-3H3/t13-,14-/m1/s1. The average Bonchev–Trinajstić information content (AvgIpc) is 2.67. The largest absolute Gasteiger partial charge is 0.484 e. The maximum atomic E-state index is 14.6. The SMILES string of the molecule is Cc1cnc(N2CCN([C@H](C)c3nc4c(cc3F)OCCO4)[C@H](C)C2)nc1. The molecule has 0 saturated carbocycles. The van der Waals surface area contributed by atoms with Gasteiger partial charge in [-0.1, -0.05) is 0 Å². The molecular weight excluding hydrogens is 349 g/mol. The molecule has 27 heavy (non-hydrogen) atoms. The van der Waals surface area contributed by atoms with E-state index in [1.54, 1.807) is 0 Å². The Kier molecular flexibility index (Phi) is 4.82. The lowest BCUT2D eigenvalue weighted by Crippen LogP contribution is -2.53. The molecule has 2 aromatic rings. The second-order valence-corrected chi connectivity index (χ2v) is 7.12. The second kappa shape index (κ2) is 7.26. The van der Waals surface area contributed by atoms with Crippen LogP contribution in [0, 0.1) is 12.7 Å². The lowest BCUT2D eigenvalue weighted by molar-refractivity contribution is 0.128. The van der Waals surface area contributed by atoms with Crippen molar-refractivity contribution in [1.82, 2.24) is 19.9 Å². The van der Waals surface area contributed by atoms with E-state index in [1.807, 2.05) is 26.2 Å². The zero-order valence-electron chi connectivity index (χ0n) is 15.9. The minimum atomic E-state index is -0.358. The first-order chi connectivity index (χ1) is 13.0. The zero-order chi connectivity index (χ0) is 19.0.